The van der Waals surface area contributed by atoms with E-state index >= 15 is 0 Å². The Kier molecular flexibility index (Phi) is 8.17. The standard InChI is InChI=1S/C26H38N4O6/c1-26(2)25(34)29(10-4-12-35-3)21-14-20(7-8-22(21)36-26)30(19-5-6-19)24(33)18-13-17(15-27-16-18)23(32)28-9-11-31/h7-8,14,17-19,27,31H,4-6,9-13,15-16H2,1-3H3,(H,28,32). The molecule has 4 rings (SSSR count). The van der Waals surface area contributed by atoms with Gasteiger partial charge in [-0.1, -0.05) is 0 Å². The van der Waals surface area contributed by atoms with E-state index in [1.807, 2.05) is 23.1 Å². The van der Waals surface area contributed by atoms with E-state index in [0.717, 1.165) is 18.5 Å². The van der Waals surface area contributed by atoms with Gasteiger partial charge in [-0.25, -0.2) is 0 Å². The minimum absolute atomic E-state index is 0.0149. The summed E-state index contributed by atoms with van der Waals surface area (Å²) in [5.41, 5.74) is 0.419. The van der Waals surface area contributed by atoms with Crippen LogP contribution in [0.15, 0.2) is 18.2 Å². The van der Waals surface area contributed by atoms with Crippen LogP contribution in [0.4, 0.5) is 11.4 Å². The van der Waals surface area contributed by atoms with Crippen LogP contribution >= 0.6 is 0 Å². The number of anilines is 2. The number of benzene rings is 1. The molecule has 0 aromatic heterocycles. The van der Waals surface area contributed by atoms with E-state index in [0.29, 0.717) is 50.5 Å². The van der Waals surface area contributed by atoms with Crippen LogP contribution in [0, 0.1) is 11.8 Å². The van der Waals surface area contributed by atoms with Crippen LogP contribution in [0.3, 0.4) is 0 Å². The lowest BCUT2D eigenvalue weighted by atomic mass is 9.88. The first kappa shape index (κ1) is 26.4. The normalized spacial score (nSPS) is 23.0. The van der Waals surface area contributed by atoms with Gasteiger partial charge >= 0.3 is 0 Å². The number of hydrogen-bond acceptors (Lipinski definition) is 7. The predicted octanol–water partition coefficient (Wildman–Crippen LogP) is 1.06. The summed E-state index contributed by atoms with van der Waals surface area (Å²) in [6.07, 6.45) is 2.98. The number of nitrogens with zero attached hydrogens (tertiary/aromatic N) is 2. The van der Waals surface area contributed by atoms with Crippen molar-refractivity contribution in [3.63, 3.8) is 0 Å². The van der Waals surface area contributed by atoms with E-state index in [9.17, 15) is 14.4 Å². The molecule has 1 aromatic rings. The largest absolute Gasteiger partial charge is 0.476 e. The lowest BCUT2D eigenvalue weighted by molar-refractivity contribution is -0.132. The van der Waals surface area contributed by atoms with Crippen LogP contribution < -0.4 is 25.2 Å². The summed E-state index contributed by atoms with van der Waals surface area (Å²) in [4.78, 5) is 43.0. The molecule has 3 aliphatic rings. The Morgan fingerprint density at radius 3 is 2.72 bits per heavy atom. The average Bonchev–Trinajstić information content (AvgIpc) is 3.70. The van der Waals surface area contributed by atoms with Crippen molar-refractivity contribution in [2.45, 2.75) is 51.2 Å². The third-order valence-corrected chi connectivity index (χ3v) is 7.00. The molecule has 2 aliphatic heterocycles. The van der Waals surface area contributed by atoms with Crippen LogP contribution in [0.1, 0.15) is 39.5 Å². The number of ether oxygens (including phenoxy) is 2. The Hall–Kier alpha value is -2.69. The van der Waals surface area contributed by atoms with Gasteiger partial charge in [-0.05, 0) is 57.7 Å². The van der Waals surface area contributed by atoms with Crippen molar-refractivity contribution in [2.75, 3.05) is 56.3 Å². The van der Waals surface area contributed by atoms with Gasteiger partial charge in [0.25, 0.3) is 5.91 Å². The van der Waals surface area contributed by atoms with Gasteiger partial charge in [-0.2, -0.15) is 0 Å². The highest BCUT2D eigenvalue weighted by Crippen LogP contribution is 2.43. The average molecular weight is 503 g/mol. The lowest BCUT2D eigenvalue weighted by Gasteiger charge is -2.39. The maximum Gasteiger partial charge on any atom is 0.270 e. The number of amides is 3. The van der Waals surface area contributed by atoms with Crippen molar-refractivity contribution in [1.29, 1.82) is 0 Å². The second kappa shape index (κ2) is 11.1. The first-order valence-corrected chi connectivity index (χ1v) is 12.8. The molecule has 10 nitrogen and oxygen atoms in total. The van der Waals surface area contributed by atoms with Crippen LogP contribution in [-0.4, -0.2) is 81.0 Å². The molecule has 2 unspecified atom stereocenters. The summed E-state index contributed by atoms with van der Waals surface area (Å²) in [6, 6.07) is 5.72. The molecule has 0 spiro atoms. The third-order valence-electron chi connectivity index (χ3n) is 7.00. The molecule has 1 saturated heterocycles. The van der Waals surface area contributed by atoms with Crippen molar-refractivity contribution < 1.29 is 29.0 Å². The Labute approximate surface area is 212 Å². The molecule has 0 radical (unpaired) electrons. The fourth-order valence-corrected chi connectivity index (χ4v) is 5.00. The summed E-state index contributed by atoms with van der Waals surface area (Å²) >= 11 is 0. The molecule has 2 atom stereocenters. The van der Waals surface area contributed by atoms with Crippen LogP contribution in [0.25, 0.3) is 0 Å². The maximum absolute atomic E-state index is 13.8. The van der Waals surface area contributed by atoms with E-state index in [1.54, 1.807) is 25.9 Å². The van der Waals surface area contributed by atoms with E-state index in [2.05, 4.69) is 10.6 Å². The second-order valence-electron chi connectivity index (χ2n) is 10.3. The molecule has 2 fully saturated rings. The van der Waals surface area contributed by atoms with E-state index in [-0.39, 0.29) is 48.8 Å². The van der Waals surface area contributed by atoms with Crippen molar-refractivity contribution in [3.8, 4) is 5.75 Å². The van der Waals surface area contributed by atoms with Gasteiger partial charge < -0.3 is 35.0 Å². The van der Waals surface area contributed by atoms with Gasteiger partial charge in [0.1, 0.15) is 5.75 Å². The first-order chi connectivity index (χ1) is 17.3. The number of nitrogens with one attached hydrogen (secondary N) is 2. The highest BCUT2D eigenvalue weighted by Gasteiger charge is 2.43. The zero-order chi connectivity index (χ0) is 25.9. The van der Waals surface area contributed by atoms with Gasteiger partial charge in [0.2, 0.25) is 11.8 Å². The molecular weight excluding hydrogens is 464 g/mol. The minimum atomic E-state index is -0.979. The number of carbonyl (C=O) groups is 3. The zero-order valence-electron chi connectivity index (χ0n) is 21.4. The summed E-state index contributed by atoms with van der Waals surface area (Å²) in [5, 5.41) is 14.9. The van der Waals surface area contributed by atoms with Gasteiger partial charge in [0.15, 0.2) is 5.60 Å². The smallest absolute Gasteiger partial charge is 0.270 e. The van der Waals surface area contributed by atoms with E-state index in [4.69, 9.17) is 14.6 Å². The molecule has 1 saturated carbocycles. The monoisotopic (exact) mass is 502 g/mol. The fourth-order valence-electron chi connectivity index (χ4n) is 5.00. The molecule has 36 heavy (non-hydrogen) atoms. The molecule has 10 heteroatoms. The fraction of sp³-hybridized carbons (Fsp3) is 0.654. The Bertz CT molecular complexity index is 979. The van der Waals surface area contributed by atoms with Gasteiger partial charge in [0.05, 0.1) is 24.1 Å². The highest BCUT2D eigenvalue weighted by molar-refractivity contribution is 6.04. The molecule has 3 N–H and O–H groups in total. The zero-order valence-corrected chi connectivity index (χ0v) is 21.4. The van der Waals surface area contributed by atoms with Crippen LogP contribution in [0.5, 0.6) is 5.75 Å². The van der Waals surface area contributed by atoms with Crippen LogP contribution in [-0.2, 0) is 19.1 Å². The number of piperidine rings is 1. The Balaban J connectivity index is 1.57. The Morgan fingerprint density at radius 2 is 2.03 bits per heavy atom. The molecule has 198 valence electrons. The molecular formula is C26H38N4O6. The molecule has 3 amide bonds. The predicted molar refractivity (Wildman–Crippen MR) is 135 cm³/mol. The first-order valence-electron chi connectivity index (χ1n) is 12.8. The minimum Gasteiger partial charge on any atom is -0.476 e. The number of methoxy groups -OCH3 is 1. The summed E-state index contributed by atoms with van der Waals surface area (Å²) < 4.78 is 11.2. The lowest BCUT2D eigenvalue weighted by Crippen LogP contribution is -2.53. The van der Waals surface area contributed by atoms with Gasteiger partial charge in [-0.3, -0.25) is 14.4 Å². The SMILES string of the molecule is COCCCN1C(=O)C(C)(C)Oc2ccc(N(C(=O)C3CNCC(C(=O)NCCO)C3)C3CC3)cc21. The topological polar surface area (TPSA) is 120 Å². The summed E-state index contributed by atoms with van der Waals surface area (Å²) in [5.74, 6) is -0.336. The number of hydrogen-bond donors (Lipinski definition) is 3. The maximum atomic E-state index is 13.8. The Morgan fingerprint density at radius 1 is 1.28 bits per heavy atom. The number of fused-ring (bicyclic) bond motifs is 1. The van der Waals surface area contributed by atoms with Crippen molar-refractivity contribution in [3.05, 3.63) is 18.2 Å². The summed E-state index contributed by atoms with van der Waals surface area (Å²) in [7, 11) is 1.64. The van der Waals surface area contributed by atoms with Crippen molar-refractivity contribution in [1.82, 2.24) is 10.6 Å². The van der Waals surface area contributed by atoms with Gasteiger partial charge in [-0.15, -0.1) is 0 Å². The highest BCUT2D eigenvalue weighted by atomic mass is 16.5. The quantitative estimate of drug-likeness (QED) is 0.409. The second-order valence-corrected chi connectivity index (χ2v) is 10.3. The number of aliphatic hydroxyl groups is 1. The number of rotatable bonds is 10. The van der Waals surface area contributed by atoms with E-state index < -0.39 is 5.60 Å². The number of carbonyl (C=O) groups excluding carboxylic acids is 3. The van der Waals surface area contributed by atoms with Crippen molar-refractivity contribution >= 4 is 29.1 Å². The summed E-state index contributed by atoms with van der Waals surface area (Å²) in [6.45, 7) is 5.66. The molecule has 1 aromatic carbocycles. The molecule has 1 aliphatic carbocycles. The molecule has 2 heterocycles. The third kappa shape index (κ3) is 5.66. The van der Waals surface area contributed by atoms with E-state index in [1.165, 1.54) is 0 Å². The van der Waals surface area contributed by atoms with Crippen molar-refractivity contribution in [2.24, 2.45) is 11.8 Å². The number of aliphatic hydroxyl groups excluding tert-OH is 1. The van der Waals surface area contributed by atoms with Crippen LogP contribution in [0.2, 0.25) is 0 Å². The molecule has 0 bridgehead atoms. The van der Waals surface area contributed by atoms with Gasteiger partial charge in [0, 0.05) is 51.6 Å².